The molecule has 3 rings (SSSR count). The second-order valence-corrected chi connectivity index (χ2v) is 5.52. The highest BCUT2D eigenvalue weighted by molar-refractivity contribution is 7.17. The van der Waals surface area contributed by atoms with E-state index < -0.39 is 0 Å². The van der Waals surface area contributed by atoms with E-state index in [-0.39, 0.29) is 12.0 Å². The van der Waals surface area contributed by atoms with Crippen molar-refractivity contribution in [1.82, 2.24) is 5.32 Å². The Morgan fingerprint density at radius 3 is 3.16 bits per heavy atom. The van der Waals surface area contributed by atoms with E-state index in [9.17, 15) is 4.79 Å². The Hall–Kier alpha value is -1.88. The molecule has 1 aliphatic heterocycles. The number of carbonyl (C=O) groups excluding carboxylic acids is 1. The van der Waals surface area contributed by atoms with Crippen molar-refractivity contribution in [2.45, 2.75) is 19.4 Å². The van der Waals surface area contributed by atoms with Crippen LogP contribution in [0, 0.1) is 0 Å². The van der Waals surface area contributed by atoms with Gasteiger partial charge in [-0.1, -0.05) is 23.4 Å². The van der Waals surface area contributed by atoms with E-state index in [1.165, 1.54) is 0 Å². The summed E-state index contributed by atoms with van der Waals surface area (Å²) in [5.41, 5.74) is 1.71. The molecule has 0 saturated heterocycles. The SMILES string of the molecule is CC1=NO[C@@H](CNC(=O)c2csc3ccccc23)C1. The summed E-state index contributed by atoms with van der Waals surface area (Å²) in [6.45, 7) is 2.41. The molecule has 4 nitrogen and oxygen atoms in total. The van der Waals surface area contributed by atoms with Gasteiger partial charge in [0.15, 0.2) is 0 Å². The molecule has 2 aromatic rings. The van der Waals surface area contributed by atoms with Crippen LogP contribution in [0.4, 0.5) is 0 Å². The summed E-state index contributed by atoms with van der Waals surface area (Å²) in [6.07, 6.45) is 0.749. The van der Waals surface area contributed by atoms with Gasteiger partial charge in [-0.2, -0.15) is 0 Å². The lowest BCUT2D eigenvalue weighted by atomic mass is 10.1. The fourth-order valence-corrected chi connectivity index (χ4v) is 3.07. The lowest BCUT2D eigenvalue weighted by Crippen LogP contribution is -2.32. The van der Waals surface area contributed by atoms with Crippen molar-refractivity contribution in [3.8, 4) is 0 Å². The predicted octanol–water partition coefficient (Wildman–Crippen LogP) is 2.80. The Morgan fingerprint density at radius 2 is 2.37 bits per heavy atom. The summed E-state index contributed by atoms with van der Waals surface area (Å²) in [5.74, 6) is -0.0504. The molecule has 1 N–H and O–H groups in total. The Morgan fingerprint density at radius 1 is 1.53 bits per heavy atom. The van der Waals surface area contributed by atoms with Crippen LogP contribution in [-0.4, -0.2) is 24.3 Å². The van der Waals surface area contributed by atoms with E-state index in [0.717, 1.165) is 27.8 Å². The number of nitrogens with one attached hydrogen (secondary N) is 1. The van der Waals surface area contributed by atoms with E-state index in [1.54, 1.807) is 11.3 Å². The van der Waals surface area contributed by atoms with E-state index in [4.69, 9.17) is 4.84 Å². The monoisotopic (exact) mass is 274 g/mol. The fraction of sp³-hybridized carbons (Fsp3) is 0.286. The van der Waals surface area contributed by atoms with Gasteiger partial charge in [0.05, 0.1) is 17.8 Å². The zero-order chi connectivity index (χ0) is 13.2. The molecule has 0 radical (unpaired) electrons. The zero-order valence-corrected chi connectivity index (χ0v) is 11.4. The van der Waals surface area contributed by atoms with Crippen LogP contribution in [-0.2, 0) is 4.84 Å². The number of hydrogen-bond acceptors (Lipinski definition) is 4. The molecule has 0 aliphatic carbocycles. The van der Waals surface area contributed by atoms with Gasteiger partial charge in [0.1, 0.15) is 6.10 Å². The third kappa shape index (κ3) is 2.46. The zero-order valence-electron chi connectivity index (χ0n) is 10.6. The van der Waals surface area contributed by atoms with Gasteiger partial charge in [-0.05, 0) is 13.0 Å². The van der Waals surface area contributed by atoms with Gasteiger partial charge in [0.2, 0.25) is 0 Å². The van der Waals surface area contributed by atoms with Gasteiger partial charge in [0, 0.05) is 21.9 Å². The maximum absolute atomic E-state index is 12.2. The lowest BCUT2D eigenvalue weighted by molar-refractivity contribution is 0.0754. The molecule has 98 valence electrons. The minimum atomic E-state index is -0.0504. The Balaban J connectivity index is 1.67. The van der Waals surface area contributed by atoms with Crippen LogP contribution in [0.1, 0.15) is 23.7 Å². The molecule has 0 unspecified atom stereocenters. The molecule has 1 aromatic carbocycles. The van der Waals surface area contributed by atoms with Crippen LogP contribution >= 0.6 is 11.3 Å². The minimum Gasteiger partial charge on any atom is -0.390 e. The van der Waals surface area contributed by atoms with Gasteiger partial charge in [0.25, 0.3) is 5.91 Å². The number of fused-ring (bicyclic) bond motifs is 1. The first-order valence-electron chi connectivity index (χ1n) is 6.18. The number of carbonyl (C=O) groups is 1. The van der Waals surface area contributed by atoms with Crippen LogP contribution in [0.25, 0.3) is 10.1 Å². The number of thiophene rings is 1. The highest BCUT2D eigenvalue weighted by Gasteiger charge is 2.19. The van der Waals surface area contributed by atoms with E-state index in [1.807, 2.05) is 36.6 Å². The first-order valence-corrected chi connectivity index (χ1v) is 7.06. The molecule has 1 atom stereocenters. The van der Waals surface area contributed by atoms with Crippen molar-refractivity contribution in [1.29, 1.82) is 0 Å². The molecule has 0 bridgehead atoms. The van der Waals surface area contributed by atoms with Crippen molar-refractivity contribution in [2.24, 2.45) is 5.16 Å². The van der Waals surface area contributed by atoms with E-state index in [0.29, 0.717) is 6.54 Å². The summed E-state index contributed by atoms with van der Waals surface area (Å²) in [5, 5.41) is 9.69. The predicted molar refractivity (Wildman–Crippen MR) is 76.8 cm³/mol. The van der Waals surface area contributed by atoms with Gasteiger partial charge < -0.3 is 10.2 Å². The fourth-order valence-electron chi connectivity index (χ4n) is 2.13. The molecule has 0 fully saturated rings. The third-order valence-corrected chi connectivity index (χ3v) is 4.06. The molecule has 0 saturated carbocycles. The van der Waals surface area contributed by atoms with Gasteiger partial charge in [-0.15, -0.1) is 11.3 Å². The number of oxime groups is 1. The van der Waals surface area contributed by atoms with Gasteiger partial charge in [-0.3, -0.25) is 4.79 Å². The van der Waals surface area contributed by atoms with E-state index >= 15 is 0 Å². The molecule has 19 heavy (non-hydrogen) atoms. The van der Waals surface area contributed by atoms with Gasteiger partial charge in [-0.25, -0.2) is 0 Å². The Kier molecular flexibility index (Phi) is 3.21. The van der Waals surface area contributed by atoms with Crippen LogP contribution < -0.4 is 5.32 Å². The Labute approximate surface area is 115 Å². The second-order valence-electron chi connectivity index (χ2n) is 4.61. The van der Waals surface area contributed by atoms with Crippen LogP contribution in [0.3, 0.4) is 0 Å². The number of amides is 1. The highest BCUT2D eigenvalue weighted by atomic mass is 32.1. The molecule has 1 aromatic heterocycles. The summed E-state index contributed by atoms with van der Waals surface area (Å²) >= 11 is 1.59. The first-order chi connectivity index (χ1) is 9.24. The van der Waals surface area contributed by atoms with Crippen molar-refractivity contribution in [2.75, 3.05) is 6.54 Å². The molecule has 1 aliphatic rings. The molecule has 2 heterocycles. The highest BCUT2D eigenvalue weighted by Crippen LogP contribution is 2.25. The number of benzene rings is 1. The smallest absolute Gasteiger partial charge is 0.252 e. The van der Waals surface area contributed by atoms with Crippen molar-refractivity contribution < 1.29 is 9.63 Å². The van der Waals surface area contributed by atoms with Crippen molar-refractivity contribution in [3.63, 3.8) is 0 Å². The summed E-state index contributed by atoms with van der Waals surface area (Å²) in [4.78, 5) is 17.4. The molecule has 5 heteroatoms. The molecular formula is C14H14N2O2S. The molecule has 1 amide bonds. The Bertz CT molecular complexity index is 648. The number of rotatable bonds is 3. The average molecular weight is 274 g/mol. The lowest BCUT2D eigenvalue weighted by Gasteiger charge is -2.09. The molecular weight excluding hydrogens is 260 g/mol. The standard InChI is InChI=1S/C14H14N2O2S/c1-9-6-10(18-16-9)7-15-14(17)12-8-19-13-5-3-2-4-11(12)13/h2-5,8,10H,6-7H2,1H3,(H,15,17)/t10-/m1/s1. The number of hydrogen-bond donors (Lipinski definition) is 1. The average Bonchev–Trinajstić information content (AvgIpc) is 3.02. The normalized spacial score (nSPS) is 18.2. The maximum atomic E-state index is 12.2. The largest absolute Gasteiger partial charge is 0.390 e. The topological polar surface area (TPSA) is 50.7 Å². The van der Waals surface area contributed by atoms with Crippen molar-refractivity contribution >= 4 is 33.0 Å². The quantitative estimate of drug-likeness (QED) is 0.935. The van der Waals surface area contributed by atoms with Crippen LogP contribution in [0.5, 0.6) is 0 Å². The van der Waals surface area contributed by atoms with Crippen molar-refractivity contribution in [3.05, 3.63) is 35.2 Å². The van der Waals surface area contributed by atoms with E-state index in [2.05, 4.69) is 10.5 Å². The first kappa shape index (κ1) is 12.2. The van der Waals surface area contributed by atoms with Gasteiger partial charge >= 0.3 is 0 Å². The number of nitrogens with zero attached hydrogens (tertiary/aromatic N) is 1. The van der Waals surface area contributed by atoms with Crippen LogP contribution in [0.2, 0.25) is 0 Å². The maximum Gasteiger partial charge on any atom is 0.252 e. The third-order valence-electron chi connectivity index (χ3n) is 3.10. The van der Waals surface area contributed by atoms with Crippen LogP contribution in [0.15, 0.2) is 34.8 Å². The molecule has 0 spiro atoms. The summed E-state index contributed by atoms with van der Waals surface area (Å²) in [7, 11) is 0. The minimum absolute atomic E-state index is 0.0335. The second kappa shape index (κ2) is 5.01. The summed E-state index contributed by atoms with van der Waals surface area (Å²) < 4.78 is 1.13. The summed E-state index contributed by atoms with van der Waals surface area (Å²) in [6, 6.07) is 7.92.